The van der Waals surface area contributed by atoms with Gasteiger partial charge < -0.3 is 43.8 Å². The predicted molar refractivity (Wildman–Crippen MR) is 28.9 cm³/mol. The van der Waals surface area contributed by atoms with Gasteiger partial charge in [-0.05, 0) is 0 Å². The van der Waals surface area contributed by atoms with E-state index in [1.54, 1.807) is 0 Å². The van der Waals surface area contributed by atoms with Crippen molar-refractivity contribution in [1.82, 2.24) is 0 Å². The zero-order valence-corrected chi connectivity index (χ0v) is 11.3. The monoisotopic (exact) mass is 424 g/mol. The minimum Gasteiger partial charge on any atom is -0.412 e. The van der Waals surface area contributed by atoms with Gasteiger partial charge >= 0.3 is 0 Å². The maximum absolute atomic E-state index is 0. The Kier molecular flexibility index (Phi) is 5770. The Morgan fingerprint density at radius 2 is 0.200 bits per heavy atom. The van der Waals surface area contributed by atoms with E-state index in [1.165, 1.54) is 0 Å². The molecule has 8 nitrogen and oxygen atoms in total. The van der Waals surface area contributed by atoms with Crippen LogP contribution < -0.4 is 0 Å². The SMILES string of the molecule is O.O.O.O.O.O.O.O.[Ce].[Ce]. The van der Waals surface area contributed by atoms with Crippen molar-refractivity contribution in [2.45, 2.75) is 0 Å². The van der Waals surface area contributed by atoms with Crippen molar-refractivity contribution < 1.29 is 127 Å². The second-order valence-corrected chi connectivity index (χ2v) is 0. The van der Waals surface area contributed by atoms with Crippen LogP contribution in [0.25, 0.3) is 0 Å². The van der Waals surface area contributed by atoms with Crippen LogP contribution in [0.2, 0.25) is 0 Å². The third kappa shape index (κ3) is 157. The van der Waals surface area contributed by atoms with Gasteiger partial charge in [-0.1, -0.05) is 0 Å². The summed E-state index contributed by atoms with van der Waals surface area (Å²) in [7, 11) is 0. The Balaban J connectivity index is 0. The molecular formula is H16Ce2O8. The molecule has 0 bridgehead atoms. The summed E-state index contributed by atoms with van der Waals surface area (Å²) in [5.74, 6) is 0. The summed E-state index contributed by atoms with van der Waals surface area (Å²) >= 11 is 0. The Bertz CT molecular complexity index is 7.22. The van der Waals surface area contributed by atoms with Gasteiger partial charge in [-0.15, -0.1) is 0 Å². The molecule has 0 amide bonds. The van der Waals surface area contributed by atoms with Crippen molar-refractivity contribution >= 4 is 0 Å². The first-order valence-corrected chi connectivity index (χ1v) is 0. The minimum absolute atomic E-state index is 0. The maximum atomic E-state index is 0. The van der Waals surface area contributed by atoms with Crippen molar-refractivity contribution in [3.8, 4) is 0 Å². The van der Waals surface area contributed by atoms with Crippen molar-refractivity contribution in [3.05, 3.63) is 0 Å². The van der Waals surface area contributed by atoms with Crippen LogP contribution in [0, 0.1) is 83.5 Å². The fourth-order valence-corrected chi connectivity index (χ4v) is 0. The fourth-order valence-electron chi connectivity index (χ4n) is 0. The van der Waals surface area contributed by atoms with Gasteiger partial charge in [-0.3, -0.25) is 0 Å². The zero-order valence-electron chi connectivity index (χ0n) is 5.00. The summed E-state index contributed by atoms with van der Waals surface area (Å²) < 4.78 is 0. The average Bonchev–Trinajstić information content (AvgIpc) is 0. The molecule has 0 aromatic carbocycles. The van der Waals surface area contributed by atoms with Gasteiger partial charge in [0, 0.05) is 83.5 Å². The van der Waals surface area contributed by atoms with Crippen LogP contribution in [0.5, 0.6) is 0 Å². The van der Waals surface area contributed by atoms with E-state index >= 15 is 0 Å². The van der Waals surface area contributed by atoms with Gasteiger partial charge in [-0.25, -0.2) is 0 Å². The van der Waals surface area contributed by atoms with Crippen molar-refractivity contribution in [1.29, 1.82) is 0 Å². The van der Waals surface area contributed by atoms with Gasteiger partial charge in [0.25, 0.3) is 0 Å². The predicted octanol–water partition coefficient (Wildman–Crippen LogP) is -6.60. The molecule has 0 heterocycles. The van der Waals surface area contributed by atoms with E-state index < -0.39 is 0 Å². The van der Waals surface area contributed by atoms with Gasteiger partial charge in [0.2, 0.25) is 0 Å². The van der Waals surface area contributed by atoms with Crippen LogP contribution >= 0.6 is 0 Å². The number of hydrogen-bond donors (Lipinski definition) is 0. The Morgan fingerprint density at radius 3 is 0.200 bits per heavy atom. The molecular weight excluding hydrogens is 408 g/mol. The first kappa shape index (κ1) is 275. The third-order valence-corrected chi connectivity index (χ3v) is 0. The molecule has 0 spiro atoms. The van der Waals surface area contributed by atoms with Crippen molar-refractivity contribution in [3.63, 3.8) is 0 Å². The molecule has 10 heteroatoms. The van der Waals surface area contributed by atoms with Crippen LogP contribution in [0.1, 0.15) is 0 Å². The summed E-state index contributed by atoms with van der Waals surface area (Å²) in [6.45, 7) is 0. The van der Waals surface area contributed by atoms with E-state index in [1.807, 2.05) is 0 Å². The van der Waals surface area contributed by atoms with Crippen LogP contribution in [-0.2, 0) is 0 Å². The smallest absolute Gasteiger partial charge is 0 e. The quantitative estimate of drug-likeness (QED) is 0.351. The molecule has 0 rings (SSSR count). The van der Waals surface area contributed by atoms with Crippen LogP contribution in [0.4, 0.5) is 0 Å². The molecule has 0 saturated carbocycles. The topological polar surface area (TPSA) is 252 Å². The van der Waals surface area contributed by atoms with E-state index in [4.69, 9.17) is 0 Å². The molecule has 0 aliphatic rings. The molecule has 0 aliphatic carbocycles. The summed E-state index contributed by atoms with van der Waals surface area (Å²) in [6.07, 6.45) is 0. The molecule has 10 heavy (non-hydrogen) atoms. The normalized spacial score (nSPS) is 0. The molecule has 0 atom stereocenters. The fraction of sp³-hybridized carbons (Fsp3) is 0. The van der Waals surface area contributed by atoms with Crippen LogP contribution in [0.3, 0.4) is 0 Å². The number of rotatable bonds is 0. The number of hydrogen-bond acceptors (Lipinski definition) is 0. The molecule has 0 saturated heterocycles. The molecule has 0 radical (unpaired) electrons. The molecule has 0 aliphatic heterocycles. The summed E-state index contributed by atoms with van der Waals surface area (Å²) in [6, 6.07) is 0. The summed E-state index contributed by atoms with van der Waals surface area (Å²) in [5.41, 5.74) is 0. The van der Waals surface area contributed by atoms with Crippen LogP contribution in [-0.4, -0.2) is 43.8 Å². The zero-order chi connectivity index (χ0) is 0. The molecule has 72 valence electrons. The maximum Gasteiger partial charge on any atom is 0 e. The largest absolute Gasteiger partial charge is 0.412 e. The van der Waals surface area contributed by atoms with E-state index in [2.05, 4.69) is 0 Å². The summed E-state index contributed by atoms with van der Waals surface area (Å²) in [4.78, 5) is 0. The standard InChI is InChI=1S/2Ce.8H2O/h;;8*1H2. The Labute approximate surface area is 125 Å². The van der Waals surface area contributed by atoms with Gasteiger partial charge in [0.1, 0.15) is 0 Å². The van der Waals surface area contributed by atoms with E-state index in [0.717, 1.165) is 0 Å². The van der Waals surface area contributed by atoms with Crippen LogP contribution in [0.15, 0.2) is 0 Å². The first-order chi connectivity index (χ1) is 0. The summed E-state index contributed by atoms with van der Waals surface area (Å²) in [5, 5.41) is 0. The third-order valence-electron chi connectivity index (χ3n) is 0. The average molecular weight is 424 g/mol. The molecule has 0 unspecified atom stereocenters. The van der Waals surface area contributed by atoms with Gasteiger partial charge in [-0.2, -0.15) is 0 Å². The Hall–Kier alpha value is 2.43. The molecule has 0 aromatic heterocycles. The first-order valence-electron chi connectivity index (χ1n) is 0. The second-order valence-electron chi connectivity index (χ2n) is 0. The van der Waals surface area contributed by atoms with E-state index in [0.29, 0.717) is 0 Å². The Morgan fingerprint density at radius 1 is 0.200 bits per heavy atom. The second kappa shape index (κ2) is 210. The molecule has 16 N–H and O–H groups in total. The van der Waals surface area contributed by atoms with Gasteiger partial charge in [0.05, 0.1) is 0 Å². The van der Waals surface area contributed by atoms with Crippen molar-refractivity contribution in [2.24, 2.45) is 0 Å². The van der Waals surface area contributed by atoms with E-state index in [9.17, 15) is 0 Å². The molecule has 0 fully saturated rings. The van der Waals surface area contributed by atoms with Gasteiger partial charge in [0.15, 0.2) is 0 Å². The van der Waals surface area contributed by atoms with Crippen molar-refractivity contribution in [2.75, 3.05) is 0 Å². The minimum atomic E-state index is 0. The molecule has 0 aromatic rings. The van der Waals surface area contributed by atoms with E-state index in [-0.39, 0.29) is 127 Å².